The van der Waals surface area contributed by atoms with Crippen LogP contribution in [0.4, 0.5) is 0 Å². The number of hydrogen-bond acceptors (Lipinski definition) is 2. The van der Waals surface area contributed by atoms with E-state index < -0.39 is 0 Å². The first-order valence-electron chi connectivity index (χ1n) is 8.52. The monoisotopic (exact) mass is 427 g/mol. The molecule has 5 heteroatoms. The summed E-state index contributed by atoms with van der Waals surface area (Å²) in [5.74, 6) is 2.52. The van der Waals surface area contributed by atoms with Gasteiger partial charge < -0.3 is 15.8 Å². The minimum atomic E-state index is 0. The zero-order valence-electron chi connectivity index (χ0n) is 13.5. The maximum Gasteiger partial charge on any atom is 0.189 e. The Morgan fingerprint density at radius 3 is 2.78 bits per heavy atom. The van der Waals surface area contributed by atoms with E-state index in [9.17, 15) is 0 Å². The fourth-order valence-corrected chi connectivity index (χ4v) is 4.50. The molecule has 23 heavy (non-hydrogen) atoms. The van der Waals surface area contributed by atoms with Gasteiger partial charge in [0.1, 0.15) is 5.75 Å². The van der Waals surface area contributed by atoms with Crippen molar-refractivity contribution in [1.29, 1.82) is 0 Å². The first-order chi connectivity index (χ1) is 10.7. The summed E-state index contributed by atoms with van der Waals surface area (Å²) in [7, 11) is 0. The van der Waals surface area contributed by atoms with Gasteiger partial charge in [0.25, 0.3) is 0 Å². The summed E-state index contributed by atoms with van der Waals surface area (Å²) in [6.07, 6.45) is 7.78. The van der Waals surface area contributed by atoms with Crippen molar-refractivity contribution < 1.29 is 4.74 Å². The standard InChI is InChI=1S/C18H25N3O.HI/c19-17(20-12-18-8-5-13(11-18)6-9-18)21-15-7-10-22-16-4-2-1-3-14(15)16;/h1-4,13,15H,5-12H2,(H3,19,20,21);1H. The van der Waals surface area contributed by atoms with Crippen LogP contribution in [0.25, 0.3) is 0 Å². The number of nitrogens with two attached hydrogens (primary N) is 1. The highest BCUT2D eigenvalue weighted by atomic mass is 127. The fourth-order valence-electron chi connectivity index (χ4n) is 4.50. The molecule has 1 aliphatic heterocycles. The van der Waals surface area contributed by atoms with Crippen LogP contribution >= 0.6 is 24.0 Å². The van der Waals surface area contributed by atoms with Crippen molar-refractivity contribution in [3.05, 3.63) is 29.8 Å². The fraction of sp³-hybridized carbons (Fsp3) is 0.611. The molecule has 0 amide bonds. The summed E-state index contributed by atoms with van der Waals surface area (Å²) in [6.45, 7) is 1.63. The maximum absolute atomic E-state index is 6.17. The molecule has 2 fully saturated rings. The summed E-state index contributed by atoms with van der Waals surface area (Å²) in [5.41, 5.74) is 7.81. The van der Waals surface area contributed by atoms with E-state index in [0.29, 0.717) is 11.4 Å². The molecule has 0 saturated heterocycles. The molecule has 0 aromatic heterocycles. The van der Waals surface area contributed by atoms with Crippen LogP contribution in [0.1, 0.15) is 50.1 Å². The molecule has 0 radical (unpaired) electrons. The van der Waals surface area contributed by atoms with Crippen molar-refractivity contribution in [1.82, 2.24) is 5.32 Å². The molecule has 126 valence electrons. The van der Waals surface area contributed by atoms with Gasteiger partial charge in [-0.3, -0.25) is 4.99 Å². The van der Waals surface area contributed by atoms with E-state index in [4.69, 9.17) is 10.5 Å². The number of rotatable bonds is 3. The van der Waals surface area contributed by atoms with Crippen LogP contribution in [0.5, 0.6) is 5.75 Å². The van der Waals surface area contributed by atoms with Crippen molar-refractivity contribution in [3.63, 3.8) is 0 Å². The van der Waals surface area contributed by atoms with Gasteiger partial charge in [-0.25, -0.2) is 0 Å². The highest BCUT2D eigenvalue weighted by molar-refractivity contribution is 14.0. The molecule has 3 N–H and O–H groups in total. The van der Waals surface area contributed by atoms with Crippen molar-refractivity contribution in [2.45, 2.75) is 44.6 Å². The number of para-hydroxylation sites is 1. The van der Waals surface area contributed by atoms with Crippen molar-refractivity contribution >= 4 is 29.9 Å². The number of aliphatic imine (C=N–C) groups is 1. The van der Waals surface area contributed by atoms with E-state index in [1.54, 1.807) is 0 Å². The third-order valence-corrected chi connectivity index (χ3v) is 5.75. The number of halogens is 1. The van der Waals surface area contributed by atoms with E-state index in [-0.39, 0.29) is 30.0 Å². The number of benzene rings is 1. The van der Waals surface area contributed by atoms with Crippen molar-refractivity contribution in [2.75, 3.05) is 13.2 Å². The van der Waals surface area contributed by atoms with Gasteiger partial charge in [0, 0.05) is 18.5 Å². The van der Waals surface area contributed by atoms with Gasteiger partial charge in [-0.1, -0.05) is 18.2 Å². The van der Waals surface area contributed by atoms with Crippen molar-refractivity contribution in [2.24, 2.45) is 22.1 Å². The van der Waals surface area contributed by atoms with Crippen LogP contribution in [0.2, 0.25) is 0 Å². The van der Waals surface area contributed by atoms with E-state index >= 15 is 0 Å². The molecule has 1 unspecified atom stereocenters. The zero-order valence-corrected chi connectivity index (χ0v) is 15.8. The maximum atomic E-state index is 6.17. The lowest BCUT2D eigenvalue weighted by Crippen LogP contribution is -2.38. The molecule has 1 aromatic carbocycles. The Kier molecular flexibility index (Phi) is 5.04. The number of fused-ring (bicyclic) bond motifs is 3. The lowest BCUT2D eigenvalue weighted by Gasteiger charge is -2.28. The highest BCUT2D eigenvalue weighted by Gasteiger charge is 2.44. The predicted molar refractivity (Wildman–Crippen MR) is 103 cm³/mol. The average molecular weight is 427 g/mol. The average Bonchev–Trinajstić information content (AvgIpc) is 3.15. The Balaban J connectivity index is 0.00000156. The van der Waals surface area contributed by atoms with E-state index in [2.05, 4.69) is 16.4 Å². The van der Waals surface area contributed by atoms with Crippen LogP contribution in [-0.2, 0) is 0 Å². The first kappa shape index (κ1) is 16.9. The predicted octanol–water partition coefficient (Wildman–Crippen LogP) is 3.61. The molecular formula is C18H26IN3O. The Labute approximate surface area is 155 Å². The third kappa shape index (κ3) is 3.44. The normalized spacial score (nSPS) is 31.9. The number of nitrogens with one attached hydrogen (secondary N) is 1. The number of guanidine groups is 1. The molecule has 4 rings (SSSR count). The van der Waals surface area contributed by atoms with Gasteiger partial charge in [0.2, 0.25) is 0 Å². The van der Waals surface area contributed by atoms with E-state index in [1.807, 2.05) is 18.2 Å². The largest absolute Gasteiger partial charge is 0.493 e. The molecule has 1 heterocycles. The third-order valence-electron chi connectivity index (χ3n) is 5.75. The van der Waals surface area contributed by atoms with Gasteiger partial charge in [0.05, 0.1) is 12.6 Å². The first-order valence-corrected chi connectivity index (χ1v) is 8.52. The molecule has 3 aliphatic rings. The highest BCUT2D eigenvalue weighted by Crippen LogP contribution is 2.54. The number of nitrogens with zero attached hydrogens (tertiary/aromatic N) is 1. The Morgan fingerprint density at radius 1 is 1.26 bits per heavy atom. The summed E-state index contributed by atoms with van der Waals surface area (Å²) in [6, 6.07) is 8.40. The van der Waals surface area contributed by atoms with E-state index in [1.165, 1.54) is 37.7 Å². The zero-order chi connectivity index (χ0) is 15.0. The summed E-state index contributed by atoms with van der Waals surface area (Å²) >= 11 is 0. The molecule has 1 atom stereocenters. The van der Waals surface area contributed by atoms with Crippen LogP contribution in [0.3, 0.4) is 0 Å². The van der Waals surface area contributed by atoms with Gasteiger partial charge >= 0.3 is 0 Å². The van der Waals surface area contributed by atoms with Gasteiger partial charge in [-0.2, -0.15) is 0 Å². The second-order valence-corrected chi connectivity index (χ2v) is 7.22. The van der Waals surface area contributed by atoms with Crippen LogP contribution < -0.4 is 15.8 Å². The number of hydrogen-bond donors (Lipinski definition) is 2. The topological polar surface area (TPSA) is 59.6 Å². The van der Waals surface area contributed by atoms with Crippen molar-refractivity contribution in [3.8, 4) is 5.75 Å². The second-order valence-electron chi connectivity index (χ2n) is 7.22. The Morgan fingerprint density at radius 2 is 2.04 bits per heavy atom. The number of ether oxygens (including phenoxy) is 1. The molecule has 2 aliphatic carbocycles. The van der Waals surface area contributed by atoms with Crippen LogP contribution in [0, 0.1) is 11.3 Å². The molecule has 1 aromatic rings. The summed E-state index contributed by atoms with van der Waals surface area (Å²) in [4.78, 5) is 4.69. The molecular weight excluding hydrogens is 401 g/mol. The molecule has 4 nitrogen and oxygen atoms in total. The Hall–Kier alpha value is -0.980. The minimum absolute atomic E-state index is 0. The van der Waals surface area contributed by atoms with E-state index in [0.717, 1.165) is 31.2 Å². The minimum Gasteiger partial charge on any atom is -0.493 e. The molecule has 2 bridgehead atoms. The van der Waals surface area contributed by atoms with Gasteiger partial charge in [-0.05, 0) is 49.5 Å². The smallest absolute Gasteiger partial charge is 0.189 e. The summed E-state index contributed by atoms with van der Waals surface area (Å²) < 4.78 is 5.69. The van der Waals surface area contributed by atoms with Gasteiger partial charge in [0.15, 0.2) is 5.96 Å². The van der Waals surface area contributed by atoms with Crippen LogP contribution in [0.15, 0.2) is 29.3 Å². The van der Waals surface area contributed by atoms with Crippen LogP contribution in [-0.4, -0.2) is 19.1 Å². The molecule has 2 saturated carbocycles. The lowest BCUT2D eigenvalue weighted by atomic mass is 9.84. The SMILES string of the molecule is I.NC(=NCC12CCC(CC1)C2)NC1CCOc2ccccc21. The molecule has 0 spiro atoms. The quantitative estimate of drug-likeness (QED) is 0.440. The second kappa shape index (κ2) is 6.87. The van der Waals surface area contributed by atoms with Gasteiger partial charge in [-0.15, -0.1) is 24.0 Å². The lowest BCUT2D eigenvalue weighted by molar-refractivity contribution is 0.261. The Bertz CT molecular complexity index is 581. The summed E-state index contributed by atoms with van der Waals surface area (Å²) in [5, 5.41) is 3.40.